The van der Waals surface area contributed by atoms with Crippen LogP contribution < -0.4 is 10.6 Å². The van der Waals surface area contributed by atoms with Crippen LogP contribution in [-0.4, -0.2) is 11.8 Å². The first-order chi connectivity index (χ1) is 12.3. The highest BCUT2D eigenvalue weighted by Crippen LogP contribution is 2.30. The monoisotopic (exact) mass is 358 g/mol. The highest BCUT2D eigenvalue weighted by Gasteiger charge is 2.30. The number of nitrogens with one attached hydrogen (secondary N) is 2. The smallest absolute Gasteiger partial charge is 0.318 e. The van der Waals surface area contributed by atoms with Crippen molar-refractivity contribution >= 4 is 34.0 Å². The van der Waals surface area contributed by atoms with Gasteiger partial charge in [0.25, 0.3) is 0 Å². The van der Waals surface area contributed by atoms with Crippen molar-refractivity contribution in [2.45, 2.75) is 6.18 Å². The standard InChI is InChI=1S/C19H13F3N2O2/c20-19(21,22)14-6-3-7-15(11-14)23-17(25)18(26)24-16-9-8-12-4-1-2-5-13(12)10-16/h1-11H,(H,23,25)(H,24,26). The molecule has 0 saturated heterocycles. The Morgan fingerprint density at radius 2 is 1.31 bits per heavy atom. The lowest BCUT2D eigenvalue weighted by molar-refractivity contribution is -0.137. The molecule has 3 aromatic rings. The van der Waals surface area contributed by atoms with Crippen molar-refractivity contribution in [2.24, 2.45) is 0 Å². The Morgan fingerprint density at radius 3 is 1.96 bits per heavy atom. The number of rotatable bonds is 2. The molecule has 3 aromatic carbocycles. The largest absolute Gasteiger partial charge is 0.416 e. The van der Waals surface area contributed by atoms with Crippen molar-refractivity contribution < 1.29 is 22.8 Å². The number of alkyl halides is 3. The molecule has 0 aliphatic rings. The third-order valence-corrected chi connectivity index (χ3v) is 3.66. The molecule has 26 heavy (non-hydrogen) atoms. The maximum atomic E-state index is 12.7. The predicted molar refractivity (Wildman–Crippen MR) is 92.7 cm³/mol. The van der Waals surface area contributed by atoms with Crippen LogP contribution in [0.15, 0.2) is 66.7 Å². The number of carbonyl (C=O) groups excluding carboxylic acids is 2. The second-order valence-corrected chi connectivity index (χ2v) is 5.55. The van der Waals surface area contributed by atoms with Gasteiger partial charge in [-0.25, -0.2) is 0 Å². The van der Waals surface area contributed by atoms with E-state index in [0.29, 0.717) is 5.69 Å². The summed E-state index contributed by atoms with van der Waals surface area (Å²) in [5.41, 5.74) is -0.614. The summed E-state index contributed by atoms with van der Waals surface area (Å²) >= 11 is 0. The van der Waals surface area contributed by atoms with Crippen LogP contribution in [0.3, 0.4) is 0 Å². The average Bonchev–Trinajstić information content (AvgIpc) is 2.61. The number of hydrogen-bond donors (Lipinski definition) is 2. The van der Waals surface area contributed by atoms with Gasteiger partial charge < -0.3 is 10.6 Å². The molecule has 7 heteroatoms. The summed E-state index contributed by atoms with van der Waals surface area (Å²) < 4.78 is 38.1. The summed E-state index contributed by atoms with van der Waals surface area (Å²) in [6, 6.07) is 16.7. The summed E-state index contributed by atoms with van der Waals surface area (Å²) in [5.74, 6) is -2.03. The SMILES string of the molecule is O=C(Nc1cccc(C(F)(F)F)c1)C(=O)Nc1ccc2ccccc2c1. The highest BCUT2D eigenvalue weighted by molar-refractivity contribution is 6.43. The molecule has 0 aromatic heterocycles. The molecule has 0 aliphatic heterocycles. The molecule has 0 aliphatic carbocycles. The van der Waals surface area contributed by atoms with E-state index in [2.05, 4.69) is 10.6 Å². The molecule has 3 rings (SSSR count). The van der Waals surface area contributed by atoms with E-state index in [1.807, 2.05) is 24.3 Å². The normalized spacial score (nSPS) is 11.2. The van der Waals surface area contributed by atoms with Gasteiger partial charge in [-0.05, 0) is 41.1 Å². The maximum absolute atomic E-state index is 12.7. The number of carbonyl (C=O) groups is 2. The Balaban J connectivity index is 1.70. The highest BCUT2D eigenvalue weighted by atomic mass is 19.4. The Labute approximate surface area is 146 Å². The minimum atomic E-state index is -4.53. The van der Waals surface area contributed by atoms with Crippen LogP contribution in [0, 0.1) is 0 Å². The van der Waals surface area contributed by atoms with E-state index >= 15 is 0 Å². The van der Waals surface area contributed by atoms with E-state index in [1.165, 1.54) is 6.07 Å². The number of fused-ring (bicyclic) bond motifs is 1. The summed E-state index contributed by atoms with van der Waals surface area (Å²) in [6.45, 7) is 0. The van der Waals surface area contributed by atoms with Crippen molar-refractivity contribution in [1.29, 1.82) is 0 Å². The summed E-state index contributed by atoms with van der Waals surface area (Å²) in [4.78, 5) is 23.9. The third kappa shape index (κ3) is 4.00. The van der Waals surface area contributed by atoms with E-state index in [4.69, 9.17) is 0 Å². The number of hydrogen-bond acceptors (Lipinski definition) is 2. The molecular formula is C19H13F3N2O2. The molecule has 0 radical (unpaired) electrons. The lowest BCUT2D eigenvalue weighted by atomic mass is 10.1. The fourth-order valence-corrected chi connectivity index (χ4v) is 2.42. The summed E-state index contributed by atoms with van der Waals surface area (Å²) in [5, 5.41) is 6.44. The fourth-order valence-electron chi connectivity index (χ4n) is 2.42. The fraction of sp³-hybridized carbons (Fsp3) is 0.0526. The molecule has 0 bridgehead atoms. The number of halogens is 3. The minimum absolute atomic E-state index is 0.113. The summed E-state index contributed by atoms with van der Waals surface area (Å²) in [6.07, 6.45) is -4.53. The predicted octanol–water partition coefficient (Wildman–Crippen LogP) is 4.44. The third-order valence-electron chi connectivity index (χ3n) is 3.66. The Kier molecular flexibility index (Phi) is 4.62. The average molecular weight is 358 g/mol. The molecule has 0 heterocycles. The van der Waals surface area contributed by atoms with E-state index in [-0.39, 0.29) is 5.69 Å². The molecule has 132 valence electrons. The van der Waals surface area contributed by atoms with Gasteiger partial charge >= 0.3 is 18.0 Å². The van der Waals surface area contributed by atoms with Crippen LogP contribution in [0.5, 0.6) is 0 Å². The van der Waals surface area contributed by atoms with Gasteiger partial charge in [-0.2, -0.15) is 13.2 Å². The zero-order chi connectivity index (χ0) is 18.7. The topological polar surface area (TPSA) is 58.2 Å². The van der Waals surface area contributed by atoms with Crippen molar-refractivity contribution in [3.05, 3.63) is 72.3 Å². The van der Waals surface area contributed by atoms with Crippen molar-refractivity contribution in [1.82, 2.24) is 0 Å². The van der Waals surface area contributed by atoms with Crippen LogP contribution in [-0.2, 0) is 15.8 Å². The quantitative estimate of drug-likeness (QED) is 0.666. The first-order valence-electron chi connectivity index (χ1n) is 7.61. The number of benzene rings is 3. The van der Waals surface area contributed by atoms with Gasteiger partial charge in [0.1, 0.15) is 0 Å². The van der Waals surface area contributed by atoms with E-state index in [0.717, 1.165) is 29.0 Å². The van der Waals surface area contributed by atoms with Crippen LogP contribution in [0.1, 0.15) is 5.56 Å². The second kappa shape index (κ2) is 6.87. The zero-order valence-electron chi connectivity index (χ0n) is 13.3. The van der Waals surface area contributed by atoms with E-state index < -0.39 is 23.6 Å². The van der Waals surface area contributed by atoms with Crippen LogP contribution in [0.25, 0.3) is 10.8 Å². The molecule has 0 saturated carbocycles. The summed E-state index contributed by atoms with van der Waals surface area (Å²) in [7, 11) is 0. The first kappa shape index (κ1) is 17.5. The Morgan fingerprint density at radius 1 is 0.692 bits per heavy atom. The number of amides is 2. The molecule has 2 N–H and O–H groups in total. The minimum Gasteiger partial charge on any atom is -0.318 e. The number of anilines is 2. The van der Waals surface area contributed by atoms with Crippen LogP contribution in [0.4, 0.5) is 24.5 Å². The van der Waals surface area contributed by atoms with Gasteiger partial charge in [-0.3, -0.25) is 9.59 Å². The first-order valence-corrected chi connectivity index (χ1v) is 7.61. The zero-order valence-corrected chi connectivity index (χ0v) is 13.3. The molecule has 0 spiro atoms. The van der Waals surface area contributed by atoms with Crippen LogP contribution in [0.2, 0.25) is 0 Å². The molecule has 2 amide bonds. The molecule has 0 atom stereocenters. The van der Waals surface area contributed by atoms with Crippen LogP contribution >= 0.6 is 0 Å². The van der Waals surface area contributed by atoms with Gasteiger partial charge in [-0.1, -0.05) is 36.4 Å². The maximum Gasteiger partial charge on any atom is 0.416 e. The molecule has 0 unspecified atom stereocenters. The molecule has 4 nitrogen and oxygen atoms in total. The second-order valence-electron chi connectivity index (χ2n) is 5.55. The Hall–Kier alpha value is -3.35. The van der Waals surface area contributed by atoms with Gasteiger partial charge in [0.2, 0.25) is 0 Å². The van der Waals surface area contributed by atoms with Crippen molar-refractivity contribution in [3.63, 3.8) is 0 Å². The van der Waals surface area contributed by atoms with Gasteiger partial charge in [0.05, 0.1) is 5.56 Å². The van der Waals surface area contributed by atoms with E-state index in [9.17, 15) is 22.8 Å². The van der Waals surface area contributed by atoms with Gasteiger partial charge in [0, 0.05) is 11.4 Å². The van der Waals surface area contributed by atoms with Crippen molar-refractivity contribution in [3.8, 4) is 0 Å². The van der Waals surface area contributed by atoms with Gasteiger partial charge in [0.15, 0.2) is 0 Å². The lowest BCUT2D eigenvalue weighted by Gasteiger charge is -2.10. The van der Waals surface area contributed by atoms with Gasteiger partial charge in [-0.15, -0.1) is 0 Å². The molecular weight excluding hydrogens is 345 g/mol. The molecule has 0 fully saturated rings. The van der Waals surface area contributed by atoms with Crippen molar-refractivity contribution in [2.75, 3.05) is 10.6 Å². The lowest BCUT2D eigenvalue weighted by Crippen LogP contribution is -2.29. The van der Waals surface area contributed by atoms with E-state index in [1.54, 1.807) is 18.2 Å². The Bertz CT molecular complexity index is 984.